The highest BCUT2D eigenvalue weighted by atomic mass is 31.0. The lowest BCUT2D eigenvalue weighted by atomic mass is 9.96. The number of halogens is 2. The van der Waals surface area contributed by atoms with Gasteiger partial charge in [0.15, 0.2) is 0 Å². The van der Waals surface area contributed by atoms with Gasteiger partial charge in [0.25, 0.3) is 0 Å². The molecule has 1 aromatic rings. The molecule has 0 fully saturated rings. The number of hydrogen-bond donors (Lipinski definition) is 1. The Morgan fingerprint density at radius 3 is 2.39 bits per heavy atom. The molecule has 0 saturated carbocycles. The Morgan fingerprint density at radius 1 is 1.35 bits per heavy atom. The first-order chi connectivity index (χ1) is 10.8. The van der Waals surface area contributed by atoms with Crippen LogP contribution in [0.15, 0.2) is 59.8 Å². The van der Waals surface area contributed by atoms with Crippen molar-refractivity contribution >= 4 is 20.6 Å². The summed E-state index contributed by atoms with van der Waals surface area (Å²) in [5, 5.41) is 0. The number of nitrogens with zero attached hydrogens (tertiary/aromatic N) is 1. The number of hydrogen-bond acceptors (Lipinski definition) is 2. The van der Waals surface area contributed by atoms with Gasteiger partial charge in [-0.25, -0.2) is 4.99 Å². The summed E-state index contributed by atoms with van der Waals surface area (Å²) in [7, 11) is 1.48. The molecule has 2 N–H and O–H groups in total. The number of rotatable bonds is 5. The molecule has 122 valence electrons. The van der Waals surface area contributed by atoms with Crippen molar-refractivity contribution in [3.05, 3.63) is 54.8 Å². The molecule has 0 aromatic heterocycles. The second-order valence-corrected chi connectivity index (χ2v) is 6.00. The average Bonchev–Trinajstić information content (AvgIpc) is 2.49. The van der Waals surface area contributed by atoms with Crippen LogP contribution >= 0.6 is 9.24 Å². The van der Waals surface area contributed by atoms with Crippen molar-refractivity contribution in [2.75, 3.05) is 0 Å². The minimum Gasteiger partial charge on any atom is -0.404 e. The zero-order valence-electron chi connectivity index (χ0n) is 13.3. The molecule has 2 unspecified atom stereocenters. The zero-order valence-corrected chi connectivity index (χ0v) is 14.4. The van der Waals surface area contributed by atoms with Crippen LogP contribution in [0.4, 0.5) is 14.5 Å². The van der Waals surface area contributed by atoms with E-state index >= 15 is 0 Å². The summed E-state index contributed by atoms with van der Waals surface area (Å²) in [6.07, 6.45) is 2.76. The van der Waals surface area contributed by atoms with Crippen LogP contribution in [0, 0.1) is 23.7 Å². The Labute approximate surface area is 138 Å². The first kappa shape index (κ1) is 19.1. The molecule has 0 heterocycles. The molecule has 1 rings (SSSR count). The van der Waals surface area contributed by atoms with Crippen LogP contribution in [0.2, 0.25) is 0 Å². The van der Waals surface area contributed by atoms with E-state index in [0.29, 0.717) is 5.69 Å². The van der Waals surface area contributed by atoms with Gasteiger partial charge in [-0.2, -0.15) is 8.78 Å². The van der Waals surface area contributed by atoms with E-state index in [0.717, 1.165) is 6.20 Å². The number of aliphatic imine (C=N–C) groups is 1. The topological polar surface area (TPSA) is 38.4 Å². The number of nitrogens with two attached hydrogens (primary N) is 1. The maximum atomic E-state index is 13.9. The molecule has 5 heteroatoms. The minimum atomic E-state index is -3.24. The first-order valence-corrected chi connectivity index (χ1v) is 7.74. The van der Waals surface area contributed by atoms with Gasteiger partial charge in [-0.1, -0.05) is 59.2 Å². The number of allylic oxidation sites excluding steroid dienone is 2. The molecular weight excluding hydrogens is 313 g/mol. The summed E-state index contributed by atoms with van der Waals surface area (Å²) in [6.45, 7) is 7.68. The maximum Gasteiger partial charge on any atom is 0.301 e. The molecule has 0 aliphatic rings. The number of para-hydroxylation sites is 1. The van der Waals surface area contributed by atoms with Crippen LogP contribution in [0.5, 0.6) is 0 Å². The van der Waals surface area contributed by atoms with Crippen molar-refractivity contribution in [1.82, 2.24) is 0 Å². The van der Waals surface area contributed by atoms with E-state index in [-0.39, 0.29) is 17.4 Å². The lowest BCUT2D eigenvalue weighted by Gasteiger charge is -2.14. The summed E-state index contributed by atoms with van der Waals surface area (Å²) in [5.41, 5.74) is 2.21. The van der Waals surface area contributed by atoms with Gasteiger partial charge in [-0.15, -0.1) is 6.58 Å². The largest absolute Gasteiger partial charge is 0.404 e. The van der Waals surface area contributed by atoms with E-state index in [4.69, 9.17) is 5.73 Å². The smallest absolute Gasteiger partial charge is 0.301 e. The van der Waals surface area contributed by atoms with Gasteiger partial charge in [-0.05, 0) is 18.1 Å². The van der Waals surface area contributed by atoms with Crippen LogP contribution < -0.4 is 5.73 Å². The van der Waals surface area contributed by atoms with Crippen molar-refractivity contribution in [3.8, 4) is 11.8 Å². The fourth-order valence-electron chi connectivity index (χ4n) is 1.78. The van der Waals surface area contributed by atoms with Gasteiger partial charge in [-0.3, -0.25) is 0 Å². The third-order valence-corrected chi connectivity index (χ3v) is 3.35. The SMILES string of the molecule is C=CC(C#C/C(=C/N)C(=Nc1ccccc1)C(F)(F)P)C(C)C. The predicted molar refractivity (Wildman–Crippen MR) is 96.8 cm³/mol. The number of alkyl halides is 2. The van der Waals surface area contributed by atoms with Gasteiger partial charge in [0, 0.05) is 12.1 Å². The lowest BCUT2D eigenvalue weighted by Crippen LogP contribution is -2.23. The summed E-state index contributed by atoms with van der Waals surface area (Å²) in [6, 6.07) is 8.51. The van der Waals surface area contributed by atoms with Crippen molar-refractivity contribution in [2.24, 2.45) is 22.6 Å². The van der Waals surface area contributed by atoms with Crippen LogP contribution in [-0.4, -0.2) is 11.4 Å². The first-order valence-electron chi connectivity index (χ1n) is 7.16. The summed E-state index contributed by atoms with van der Waals surface area (Å²) in [5.74, 6) is 5.75. The van der Waals surface area contributed by atoms with Gasteiger partial charge in [0.1, 0.15) is 5.71 Å². The minimum absolute atomic E-state index is 0.00125. The van der Waals surface area contributed by atoms with Crippen molar-refractivity contribution in [3.63, 3.8) is 0 Å². The highest BCUT2D eigenvalue weighted by Crippen LogP contribution is 2.30. The summed E-state index contributed by atoms with van der Waals surface area (Å²) in [4.78, 5) is 4.02. The van der Waals surface area contributed by atoms with Crippen LogP contribution in [0.1, 0.15) is 13.8 Å². The molecule has 0 radical (unpaired) electrons. The maximum absolute atomic E-state index is 13.9. The molecule has 0 spiro atoms. The standard InChI is InChI=1S/C18H21F2N2P/c1-4-14(13(2)3)10-11-15(12-21)17(18(19,20)23)22-16-8-6-5-7-9-16/h4-9,12-14H,1,21,23H2,2-3H3/b15-12-,22-17?. The molecular formula is C18H21F2N2P. The van der Waals surface area contributed by atoms with Crippen molar-refractivity contribution < 1.29 is 8.78 Å². The molecule has 23 heavy (non-hydrogen) atoms. The molecule has 0 saturated heterocycles. The third kappa shape index (κ3) is 5.96. The number of benzene rings is 1. The molecule has 0 amide bonds. The third-order valence-electron chi connectivity index (χ3n) is 3.08. The highest BCUT2D eigenvalue weighted by Gasteiger charge is 2.32. The van der Waals surface area contributed by atoms with Crippen LogP contribution in [-0.2, 0) is 0 Å². The van der Waals surface area contributed by atoms with E-state index in [2.05, 4.69) is 23.4 Å². The Hall–Kier alpha value is -1.98. The molecule has 2 atom stereocenters. The Bertz CT molecular complexity index is 647. The van der Waals surface area contributed by atoms with E-state index in [1.54, 1.807) is 36.4 Å². The zero-order chi connectivity index (χ0) is 17.5. The van der Waals surface area contributed by atoms with E-state index in [9.17, 15) is 8.78 Å². The second-order valence-electron chi connectivity index (χ2n) is 5.27. The van der Waals surface area contributed by atoms with Crippen molar-refractivity contribution in [1.29, 1.82) is 0 Å². The average molecular weight is 334 g/mol. The van der Waals surface area contributed by atoms with E-state index in [1.807, 2.05) is 13.8 Å². The van der Waals surface area contributed by atoms with Crippen LogP contribution in [0.25, 0.3) is 0 Å². The Kier molecular flexibility index (Phi) is 7.13. The summed E-state index contributed by atoms with van der Waals surface area (Å²) >= 11 is 0. The fourth-order valence-corrected chi connectivity index (χ4v) is 2.00. The molecule has 2 nitrogen and oxygen atoms in total. The van der Waals surface area contributed by atoms with Gasteiger partial charge < -0.3 is 5.73 Å². The van der Waals surface area contributed by atoms with Gasteiger partial charge in [0.05, 0.1) is 11.3 Å². The molecule has 1 aromatic carbocycles. The fraction of sp³-hybridized carbons (Fsp3) is 0.278. The molecule has 0 aliphatic carbocycles. The monoisotopic (exact) mass is 334 g/mol. The highest BCUT2D eigenvalue weighted by molar-refractivity contribution is 7.20. The van der Waals surface area contributed by atoms with E-state index < -0.39 is 11.4 Å². The Balaban J connectivity index is 3.29. The predicted octanol–water partition coefficient (Wildman–Crippen LogP) is 4.53. The normalized spacial score (nSPS) is 14.2. The van der Waals surface area contributed by atoms with E-state index in [1.165, 1.54) is 9.24 Å². The molecule has 0 bridgehead atoms. The second kappa shape index (κ2) is 8.60. The molecule has 0 aliphatic heterocycles. The van der Waals surface area contributed by atoms with Gasteiger partial charge >= 0.3 is 5.66 Å². The Morgan fingerprint density at radius 2 is 1.96 bits per heavy atom. The van der Waals surface area contributed by atoms with Crippen LogP contribution in [0.3, 0.4) is 0 Å². The van der Waals surface area contributed by atoms with Crippen molar-refractivity contribution in [2.45, 2.75) is 19.5 Å². The summed E-state index contributed by atoms with van der Waals surface area (Å²) < 4.78 is 27.8. The lowest BCUT2D eigenvalue weighted by molar-refractivity contribution is 0.184. The van der Waals surface area contributed by atoms with Gasteiger partial charge in [0.2, 0.25) is 0 Å². The quantitative estimate of drug-likeness (QED) is 0.365.